The van der Waals surface area contributed by atoms with E-state index in [4.69, 9.17) is 19.9 Å². The van der Waals surface area contributed by atoms with Gasteiger partial charge in [-0.15, -0.1) is 0 Å². The van der Waals surface area contributed by atoms with E-state index in [1.807, 2.05) is 0 Å². The number of aromatic nitrogens is 8. The van der Waals surface area contributed by atoms with Crippen molar-refractivity contribution >= 4 is 51.7 Å². The lowest BCUT2D eigenvalue weighted by Crippen LogP contribution is -2.46. The maximum atomic E-state index is 12.5. The maximum Gasteiger partial charge on any atom is 0.313 e. The highest BCUT2D eigenvalue weighted by atomic mass is 31.3. The van der Waals surface area contributed by atoms with E-state index in [2.05, 4.69) is 42.6 Å². The average molecular weight is 813 g/mol. The van der Waals surface area contributed by atoms with Gasteiger partial charge in [0.15, 0.2) is 23.7 Å². The van der Waals surface area contributed by atoms with Crippen molar-refractivity contribution in [2.24, 2.45) is 7.05 Å². The smallest absolute Gasteiger partial charge is 0.313 e. The lowest BCUT2D eigenvalue weighted by molar-refractivity contribution is -0.745. The molecule has 7 N–H and O–H groups in total. The minimum absolute atomic E-state index is 0.0252. The molecule has 2 aliphatic rings. The zero-order valence-electron chi connectivity index (χ0n) is 27.3. The molecule has 0 bridgehead atoms. The fourth-order valence-electron chi connectivity index (χ4n) is 5.79. The summed E-state index contributed by atoms with van der Waals surface area (Å²) in [4.78, 5) is 78.4. The molecule has 0 spiro atoms. The van der Waals surface area contributed by atoms with Gasteiger partial charge in [-0.05, 0) is 6.92 Å². The van der Waals surface area contributed by atoms with E-state index in [1.54, 1.807) is 0 Å². The van der Waals surface area contributed by atoms with Crippen LogP contribution in [0.3, 0.4) is 0 Å². The summed E-state index contributed by atoms with van der Waals surface area (Å²) in [5.41, 5.74) is 4.24. The summed E-state index contributed by atoms with van der Waals surface area (Å²) in [6.45, 7) is -0.741. The Balaban J connectivity index is 1.06. The molecular weight excluding hydrogens is 783 g/mol. The topological polar surface area (TPSA) is 390 Å². The quantitative estimate of drug-likeness (QED) is 0.0543. The first-order valence-electron chi connectivity index (χ1n) is 14.9. The van der Waals surface area contributed by atoms with Gasteiger partial charge >= 0.3 is 5.65 Å². The molecule has 6 rings (SSSR count). The standard InChI is InChI=1S/C23H32N9O18P3/c1-8-26-17-11(19(36)27-8)25-6-31(17)21-14(34)13(33)9(47-21)4-45-51(38,39)49-53(42,43)50-52(40,41)46-5-10-16(44-3)15(35)22(48-10)32-7-30(2)12-18(32)28-23(24)29-20(12)37/h6-7,9-10,13-16,21-22,33-35H,4-5H2,1-3H3,(H6-,24,26,27,28,29,36,37,38,39,40,41,42,43)/p-2/t9-,10-,13?,14+,15+,16?,21-,22-/m1/s1. The highest BCUT2D eigenvalue weighted by Crippen LogP contribution is 2.63. The summed E-state index contributed by atoms with van der Waals surface area (Å²) in [7, 11) is -15.7. The minimum atomic E-state index is -6.34. The van der Waals surface area contributed by atoms with Gasteiger partial charge in [-0.3, -0.25) is 37.4 Å². The van der Waals surface area contributed by atoms with Gasteiger partial charge in [0.2, 0.25) is 11.7 Å². The van der Waals surface area contributed by atoms with E-state index in [1.165, 1.54) is 29.4 Å². The third-order valence-corrected chi connectivity index (χ3v) is 12.1. The van der Waals surface area contributed by atoms with Crippen molar-refractivity contribution in [3.05, 3.63) is 39.2 Å². The zero-order chi connectivity index (χ0) is 38.8. The van der Waals surface area contributed by atoms with Crippen LogP contribution in [-0.2, 0) is 52.6 Å². The number of aromatic amines is 2. The molecule has 2 aliphatic heterocycles. The monoisotopic (exact) mass is 813 g/mol. The van der Waals surface area contributed by atoms with Crippen molar-refractivity contribution in [1.29, 1.82) is 0 Å². The predicted molar refractivity (Wildman–Crippen MR) is 162 cm³/mol. The molecular formula is C23H30N9O18P3-2. The van der Waals surface area contributed by atoms with Crippen LogP contribution in [0.1, 0.15) is 18.3 Å². The molecule has 0 saturated carbocycles. The van der Waals surface area contributed by atoms with E-state index in [-0.39, 0.29) is 34.1 Å². The SMILES string of the molecule is COC1[C@@H](COP(=O)([O-])OP(=O)([O-])OP(=O)([O-])OC[C@H]2O[C@@H](n3cnc4c(=O)[nH]c(C)nc43)[C@@H](O)C2O)O[C@@H]([n+]2cn(C)c3c(=O)[nH]c(N)nc32)[C@H]1O. The normalized spacial score (nSPS) is 29.8. The second kappa shape index (κ2) is 14.4. The highest BCUT2D eigenvalue weighted by Gasteiger charge is 2.49. The van der Waals surface area contributed by atoms with Gasteiger partial charge < -0.3 is 64.0 Å². The Kier molecular flexibility index (Phi) is 10.7. The third kappa shape index (κ3) is 7.92. The Bertz CT molecular complexity index is 2300. The lowest BCUT2D eigenvalue weighted by atomic mass is 10.1. The molecule has 11 atom stereocenters. The van der Waals surface area contributed by atoms with Crippen LogP contribution in [0.5, 0.6) is 0 Å². The molecule has 0 radical (unpaired) electrons. The lowest BCUT2D eigenvalue weighted by Gasteiger charge is -2.35. The average Bonchev–Trinajstić information content (AvgIpc) is 3.76. The van der Waals surface area contributed by atoms with Crippen molar-refractivity contribution < 1.29 is 80.1 Å². The first-order chi connectivity index (χ1) is 24.7. The van der Waals surface area contributed by atoms with Gasteiger partial charge in [-0.2, -0.15) is 0 Å². The molecule has 27 nitrogen and oxygen atoms in total. The first kappa shape index (κ1) is 39.4. The molecule has 6 heterocycles. The van der Waals surface area contributed by atoms with Crippen LogP contribution >= 0.6 is 23.5 Å². The van der Waals surface area contributed by atoms with Gasteiger partial charge in [0.25, 0.3) is 40.5 Å². The number of methoxy groups -OCH3 is 1. The molecule has 30 heteroatoms. The largest absolute Gasteiger partial charge is 0.756 e. The summed E-state index contributed by atoms with van der Waals surface area (Å²) in [5, 5.41) is 31.9. The van der Waals surface area contributed by atoms with Crippen LogP contribution in [0.25, 0.3) is 22.3 Å². The second-order valence-electron chi connectivity index (χ2n) is 11.6. The number of aliphatic hydroxyl groups is 3. The zero-order valence-corrected chi connectivity index (χ0v) is 29.9. The fourth-order valence-corrected chi connectivity index (χ4v) is 9.17. The summed E-state index contributed by atoms with van der Waals surface area (Å²) in [6, 6.07) is 0. The number of aliphatic hydroxyl groups excluding tert-OH is 3. The molecule has 0 aromatic carbocycles. The number of nitrogens with two attached hydrogens (primary N) is 1. The molecule has 4 aromatic heterocycles. The van der Waals surface area contributed by atoms with E-state index < -0.39 is 96.9 Å². The maximum absolute atomic E-state index is 12.5. The number of aryl methyl sites for hydroxylation is 2. The molecule has 4 aromatic rings. The number of phosphoric ester groups is 2. The minimum Gasteiger partial charge on any atom is -0.756 e. The highest BCUT2D eigenvalue weighted by molar-refractivity contribution is 7.65. The molecule has 0 aliphatic carbocycles. The van der Waals surface area contributed by atoms with E-state index in [9.17, 15) is 53.3 Å². The number of anilines is 1. The number of imidazole rings is 2. The van der Waals surface area contributed by atoms with Gasteiger partial charge in [-0.25, -0.2) is 23.2 Å². The van der Waals surface area contributed by atoms with Gasteiger partial charge in [-0.1, -0.05) is 4.98 Å². The number of rotatable bonds is 13. The first-order valence-corrected chi connectivity index (χ1v) is 19.3. The Morgan fingerprint density at radius 2 is 1.58 bits per heavy atom. The molecule has 53 heavy (non-hydrogen) atoms. The molecule has 2 saturated heterocycles. The number of hydrogen-bond donors (Lipinski definition) is 6. The van der Waals surface area contributed by atoms with Crippen molar-refractivity contribution in [2.45, 2.75) is 56.0 Å². The number of H-pyrrole nitrogens is 2. The van der Waals surface area contributed by atoms with Crippen molar-refractivity contribution in [3.8, 4) is 0 Å². The van der Waals surface area contributed by atoms with Gasteiger partial charge in [0.05, 0.1) is 26.6 Å². The number of nitrogens with zero attached hydrogens (tertiary/aromatic N) is 6. The number of nitrogens with one attached hydrogen (secondary N) is 2. The van der Waals surface area contributed by atoms with Crippen LogP contribution in [0.15, 0.2) is 22.2 Å². The Labute approximate surface area is 294 Å². The second-order valence-corrected chi connectivity index (χ2v) is 16.1. The number of fused-ring (bicyclic) bond motifs is 2. The summed E-state index contributed by atoms with van der Waals surface area (Å²) < 4.78 is 73.9. The van der Waals surface area contributed by atoms with Gasteiger partial charge in [0.1, 0.15) is 42.4 Å². The van der Waals surface area contributed by atoms with Crippen LogP contribution in [0.2, 0.25) is 0 Å². The van der Waals surface area contributed by atoms with Crippen LogP contribution in [0, 0.1) is 6.92 Å². The van der Waals surface area contributed by atoms with E-state index >= 15 is 0 Å². The predicted octanol–water partition coefficient (Wildman–Crippen LogP) is -5.06. The molecule has 5 unspecified atom stereocenters. The van der Waals surface area contributed by atoms with Crippen LogP contribution < -0.4 is 36.1 Å². The van der Waals surface area contributed by atoms with E-state index in [0.717, 1.165) is 18.0 Å². The van der Waals surface area contributed by atoms with Crippen LogP contribution in [0.4, 0.5) is 5.95 Å². The fraction of sp³-hybridized carbons (Fsp3) is 0.565. The van der Waals surface area contributed by atoms with Gasteiger partial charge in [0, 0.05) is 7.11 Å². The van der Waals surface area contributed by atoms with Crippen molar-refractivity contribution in [1.82, 2.24) is 34.1 Å². The number of ether oxygens (including phenoxy) is 3. The number of hydrogen-bond acceptors (Lipinski definition) is 22. The van der Waals surface area contributed by atoms with Crippen molar-refractivity contribution in [3.63, 3.8) is 0 Å². The third-order valence-electron chi connectivity index (χ3n) is 8.00. The van der Waals surface area contributed by atoms with E-state index in [0.29, 0.717) is 0 Å². The summed E-state index contributed by atoms with van der Waals surface area (Å²) >= 11 is 0. The van der Waals surface area contributed by atoms with Crippen LogP contribution in [-0.4, -0.2) is 106 Å². The Morgan fingerprint density at radius 3 is 2.23 bits per heavy atom. The Morgan fingerprint density at radius 1 is 0.943 bits per heavy atom. The summed E-state index contributed by atoms with van der Waals surface area (Å²) in [5.74, 6) is -0.0825. The number of phosphoric acid groups is 3. The molecule has 2 fully saturated rings. The molecule has 292 valence electrons. The molecule has 0 amide bonds. The Hall–Kier alpha value is -3.33. The van der Waals surface area contributed by atoms with Crippen molar-refractivity contribution in [2.75, 3.05) is 26.1 Å². The number of nitrogen functional groups attached to an aromatic ring is 1. The summed E-state index contributed by atoms with van der Waals surface area (Å²) in [6.07, 6.45) is -9.96.